The smallest absolute Gasteiger partial charge is 0.305 e. The first-order valence-electron chi connectivity index (χ1n) is 11.5. The van der Waals surface area contributed by atoms with Crippen molar-refractivity contribution >= 4 is 73.8 Å². The van der Waals surface area contributed by atoms with Crippen molar-refractivity contribution in [2.24, 2.45) is 0 Å². The van der Waals surface area contributed by atoms with Crippen molar-refractivity contribution in [1.29, 1.82) is 0 Å². The molecule has 2 aromatic rings. The molecule has 0 saturated carbocycles. The molecule has 0 bridgehead atoms. The first-order chi connectivity index (χ1) is 17.3. The van der Waals surface area contributed by atoms with E-state index in [4.69, 9.17) is 38.0 Å². The molecule has 1 fully saturated rings. The Labute approximate surface area is 234 Å². The molecule has 0 aromatic heterocycles. The Morgan fingerprint density at radius 1 is 1.22 bits per heavy atom. The molecule has 1 heterocycles. The minimum atomic E-state index is -0.187. The summed E-state index contributed by atoms with van der Waals surface area (Å²) in [6.07, 6.45) is 4.49. The number of unbranched alkanes of at least 4 members (excludes halogenated alkanes) is 2. The van der Waals surface area contributed by atoms with Crippen LogP contribution in [0.15, 0.2) is 45.8 Å². The largest absolute Gasteiger partial charge is 0.493 e. The van der Waals surface area contributed by atoms with Gasteiger partial charge in [-0.2, -0.15) is 0 Å². The second kappa shape index (κ2) is 14.0. The number of rotatable bonds is 12. The fourth-order valence-corrected chi connectivity index (χ4v) is 5.59. The van der Waals surface area contributed by atoms with E-state index in [-0.39, 0.29) is 18.5 Å². The van der Waals surface area contributed by atoms with Gasteiger partial charge in [0.05, 0.1) is 23.1 Å². The Morgan fingerprint density at radius 2 is 2.00 bits per heavy atom. The second-order valence-electron chi connectivity index (χ2n) is 7.86. The van der Waals surface area contributed by atoms with Gasteiger partial charge in [-0.3, -0.25) is 14.5 Å². The zero-order valence-electron chi connectivity index (χ0n) is 20.1. The summed E-state index contributed by atoms with van der Waals surface area (Å²) in [7, 11) is 1.56. The van der Waals surface area contributed by atoms with E-state index in [9.17, 15) is 9.59 Å². The molecule has 1 aliphatic heterocycles. The van der Waals surface area contributed by atoms with E-state index in [1.165, 1.54) is 11.8 Å². The lowest BCUT2D eigenvalue weighted by molar-refractivity contribution is -0.143. The van der Waals surface area contributed by atoms with Crippen LogP contribution in [0.3, 0.4) is 0 Å². The van der Waals surface area contributed by atoms with Crippen molar-refractivity contribution in [1.82, 2.24) is 4.90 Å². The minimum Gasteiger partial charge on any atom is -0.493 e. The Kier molecular flexibility index (Phi) is 11.1. The van der Waals surface area contributed by atoms with Crippen LogP contribution in [0, 0.1) is 0 Å². The van der Waals surface area contributed by atoms with Crippen molar-refractivity contribution in [2.75, 3.05) is 20.3 Å². The topological polar surface area (TPSA) is 65.1 Å². The van der Waals surface area contributed by atoms with E-state index in [2.05, 4.69) is 15.9 Å². The predicted octanol–water partition coefficient (Wildman–Crippen LogP) is 7.01. The molecule has 3 rings (SSSR count). The number of hydrogen-bond donors (Lipinski definition) is 0. The van der Waals surface area contributed by atoms with Gasteiger partial charge in [0, 0.05) is 23.6 Å². The van der Waals surface area contributed by atoms with E-state index < -0.39 is 0 Å². The highest BCUT2D eigenvalue weighted by Crippen LogP contribution is 2.40. The fourth-order valence-electron chi connectivity index (χ4n) is 3.52. The molecular formula is C26H27BrClNO5S2. The summed E-state index contributed by atoms with van der Waals surface area (Å²) in [5.74, 6) is 0.766. The van der Waals surface area contributed by atoms with Crippen LogP contribution in [-0.2, 0) is 20.9 Å². The molecule has 192 valence electrons. The first kappa shape index (κ1) is 28.5. The summed E-state index contributed by atoms with van der Waals surface area (Å²) in [6, 6.07) is 11.2. The highest BCUT2D eigenvalue weighted by Gasteiger charge is 2.31. The lowest BCUT2D eigenvalue weighted by Crippen LogP contribution is -2.29. The van der Waals surface area contributed by atoms with E-state index >= 15 is 0 Å². The third-order valence-electron chi connectivity index (χ3n) is 5.32. The molecule has 1 amide bonds. The van der Waals surface area contributed by atoms with Gasteiger partial charge in [0.15, 0.2) is 11.5 Å². The highest BCUT2D eigenvalue weighted by atomic mass is 79.9. The standard InChI is InChI=1S/C26H27BrClNO5S2/c1-3-33-23(30)11-5-4-8-12-29-25(31)22(36-26(29)35)15-17-13-19(27)24(21(14-17)32-2)34-16-18-9-6-7-10-20(18)28/h6-7,9-10,13-15H,3-5,8,11-12,16H2,1-2H3/b22-15-. The van der Waals surface area contributed by atoms with Gasteiger partial charge in [-0.15, -0.1) is 0 Å². The lowest BCUT2D eigenvalue weighted by atomic mass is 10.1. The van der Waals surface area contributed by atoms with Crippen LogP contribution in [0.5, 0.6) is 11.5 Å². The molecule has 6 nitrogen and oxygen atoms in total. The Bertz CT molecular complexity index is 1160. The number of hydrogen-bond acceptors (Lipinski definition) is 7. The van der Waals surface area contributed by atoms with Crippen molar-refractivity contribution in [3.8, 4) is 11.5 Å². The molecule has 0 aliphatic carbocycles. The number of esters is 1. The summed E-state index contributed by atoms with van der Waals surface area (Å²) < 4.78 is 17.7. The average Bonchev–Trinajstić information content (AvgIpc) is 3.11. The minimum absolute atomic E-state index is 0.121. The monoisotopic (exact) mass is 611 g/mol. The maximum Gasteiger partial charge on any atom is 0.305 e. The molecule has 1 aliphatic rings. The Morgan fingerprint density at radius 3 is 2.72 bits per heavy atom. The number of nitrogens with zero attached hydrogens (tertiary/aromatic N) is 1. The molecule has 2 aromatic carbocycles. The van der Waals surface area contributed by atoms with Crippen LogP contribution in [-0.4, -0.2) is 41.4 Å². The van der Waals surface area contributed by atoms with Crippen LogP contribution < -0.4 is 9.47 Å². The van der Waals surface area contributed by atoms with Crippen LogP contribution in [0.25, 0.3) is 6.08 Å². The fraction of sp³-hybridized carbons (Fsp3) is 0.346. The second-order valence-corrected chi connectivity index (χ2v) is 10.8. The summed E-state index contributed by atoms with van der Waals surface area (Å²) in [5.41, 5.74) is 1.64. The molecular weight excluding hydrogens is 586 g/mol. The van der Waals surface area contributed by atoms with E-state index in [1.54, 1.807) is 25.0 Å². The van der Waals surface area contributed by atoms with Gasteiger partial charge in [-0.05, 0) is 65.5 Å². The number of carbonyl (C=O) groups is 2. The van der Waals surface area contributed by atoms with Crippen LogP contribution in [0.2, 0.25) is 5.02 Å². The number of thiocarbonyl (C=S) groups is 1. The third-order valence-corrected chi connectivity index (χ3v) is 7.66. The van der Waals surface area contributed by atoms with Crippen molar-refractivity contribution in [3.63, 3.8) is 0 Å². The predicted molar refractivity (Wildman–Crippen MR) is 151 cm³/mol. The van der Waals surface area contributed by atoms with Crippen molar-refractivity contribution in [3.05, 3.63) is 61.9 Å². The summed E-state index contributed by atoms with van der Waals surface area (Å²) in [4.78, 5) is 26.6. The number of halogens is 2. The third kappa shape index (κ3) is 7.71. The molecule has 0 atom stereocenters. The number of thioether (sulfide) groups is 1. The van der Waals surface area contributed by atoms with Crippen molar-refractivity contribution < 1.29 is 23.8 Å². The maximum atomic E-state index is 13.0. The number of ether oxygens (including phenoxy) is 3. The lowest BCUT2D eigenvalue weighted by Gasteiger charge is -2.15. The zero-order valence-corrected chi connectivity index (χ0v) is 24.0. The molecule has 0 radical (unpaired) electrons. The quantitative estimate of drug-likeness (QED) is 0.111. The highest BCUT2D eigenvalue weighted by molar-refractivity contribution is 9.10. The van der Waals surface area contributed by atoms with Gasteiger partial charge in [-0.1, -0.05) is 60.2 Å². The molecule has 0 unspecified atom stereocenters. The maximum absolute atomic E-state index is 13.0. The number of carbonyl (C=O) groups excluding carboxylic acids is 2. The van der Waals surface area contributed by atoms with Gasteiger partial charge in [0.1, 0.15) is 10.9 Å². The number of amides is 1. The van der Waals surface area contributed by atoms with Gasteiger partial charge < -0.3 is 14.2 Å². The number of benzene rings is 2. The van der Waals surface area contributed by atoms with Gasteiger partial charge >= 0.3 is 5.97 Å². The van der Waals surface area contributed by atoms with Gasteiger partial charge in [0.2, 0.25) is 0 Å². The van der Waals surface area contributed by atoms with E-state index in [0.717, 1.165) is 30.4 Å². The first-order valence-corrected chi connectivity index (χ1v) is 13.9. The summed E-state index contributed by atoms with van der Waals surface area (Å²) in [5, 5.41) is 0.630. The SMILES string of the molecule is CCOC(=O)CCCCCN1C(=O)/C(=C/c2cc(Br)c(OCc3ccccc3Cl)c(OC)c2)SC1=S. The normalized spacial score (nSPS) is 14.4. The molecule has 0 spiro atoms. The van der Waals surface area contributed by atoms with E-state index in [0.29, 0.717) is 49.8 Å². The molecule has 10 heteroatoms. The molecule has 36 heavy (non-hydrogen) atoms. The van der Waals surface area contributed by atoms with Crippen molar-refractivity contribution in [2.45, 2.75) is 39.2 Å². The van der Waals surface area contributed by atoms with E-state index in [1.807, 2.05) is 36.4 Å². The molecule has 1 saturated heterocycles. The van der Waals surface area contributed by atoms with Crippen LogP contribution in [0.1, 0.15) is 43.7 Å². The van der Waals surface area contributed by atoms with Crippen LogP contribution in [0.4, 0.5) is 0 Å². The van der Waals surface area contributed by atoms with Gasteiger partial charge in [-0.25, -0.2) is 0 Å². The summed E-state index contributed by atoms with van der Waals surface area (Å²) >= 11 is 16.5. The number of methoxy groups -OCH3 is 1. The van der Waals surface area contributed by atoms with Gasteiger partial charge in [0.25, 0.3) is 5.91 Å². The summed E-state index contributed by atoms with van der Waals surface area (Å²) in [6.45, 7) is 2.99. The molecule has 0 N–H and O–H groups in total. The zero-order chi connectivity index (χ0) is 26.1. The Balaban J connectivity index is 1.63. The van der Waals surface area contributed by atoms with Crippen LogP contribution >= 0.6 is 51.5 Å². The Hall–Kier alpha value is -2.07. The average molecular weight is 613 g/mol.